The van der Waals surface area contributed by atoms with Crippen molar-refractivity contribution >= 4 is 0 Å². The summed E-state index contributed by atoms with van der Waals surface area (Å²) in [6.45, 7) is 7.04. The van der Waals surface area contributed by atoms with Gasteiger partial charge in [0.1, 0.15) is 0 Å². The molecular weight excluding hydrogens is 232 g/mol. The molecule has 0 amide bonds. The van der Waals surface area contributed by atoms with Crippen LogP contribution in [-0.2, 0) is 4.74 Å². The normalized spacial score (nSPS) is 36.1. The molecule has 0 aromatic rings. The zero-order valence-electron chi connectivity index (χ0n) is 12.8. The summed E-state index contributed by atoms with van der Waals surface area (Å²) in [4.78, 5) is 0. The first kappa shape index (κ1) is 15.1. The van der Waals surface area contributed by atoms with Gasteiger partial charge in [-0.05, 0) is 82.0 Å². The second kappa shape index (κ2) is 8.09. The highest BCUT2D eigenvalue weighted by atomic mass is 16.5. The Balaban J connectivity index is 1.66. The van der Waals surface area contributed by atoms with E-state index in [0.717, 1.165) is 30.8 Å². The highest BCUT2D eigenvalue weighted by Crippen LogP contribution is 2.41. The van der Waals surface area contributed by atoms with Crippen LogP contribution in [-0.4, -0.2) is 12.7 Å². The molecule has 0 saturated heterocycles. The third kappa shape index (κ3) is 4.63. The number of allylic oxidation sites excluding steroid dienone is 1. The standard InChI is InChI=1S/C18H32O/c1-3-5-15-6-8-16(9-7-15)17-10-12-18(13-11-17)19-14-4-2/h3,15-18H,1,4-14H2,2H3. The second-order valence-electron chi connectivity index (χ2n) is 6.71. The predicted octanol–water partition coefficient (Wildman–Crippen LogP) is 5.35. The molecule has 19 heavy (non-hydrogen) atoms. The van der Waals surface area contributed by atoms with Crippen LogP contribution in [0.4, 0.5) is 0 Å². The van der Waals surface area contributed by atoms with E-state index in [1.54, 1.807) is 0 Å². The average Bonchev–Trinajstić information content (AvgIpc) is 2.47. The van der Waals surface area contributed by atoms with Crippen LogP contribution in [0.15, 0.2) is 12.7 Å². The summed E-state index contributed by atoms with van der Waals surface area (Å²) in [6, 6.07) is 0. The molecule has 2 saturated carbocycles. The van der Waals surface area contributed by atoms with Crippen LogP contribution in [0, 0.1) is 17.8 Å². The van der Waals surface area contributed by atoms with Gasteiger partial charge in [0.2, 0.25) is 0 Å². The Kier molecular flexibility index (Phi) is 6.43. The van der Waals surface area contributed by atoms with Crippen LogP contribution >= 0.6 is 0 Å². The summed E-state index contributed by atoms with van der Waals surface area (Å²) < 4.78 is 5.91. The largest absolute Gasteiger partial charge is 0.378 e. The number of rotatable bonds is 6. The highest BCUT2D eigenvalue weighted by Gasteiger charge is 2.30. The third-order valence-electron chi connectivity index (χ3n) is 5.33. The van der Waals surface area contributed by atoms with E-state index in [2.05, 4.69) is 19.6 Å². The molecule has 1 nitrogen and oxygen atoms in total. The zero-order chi connectivity index (χ0) is 13.5. The average molecular weight is 264 g/mol. The molecule has 0 atom stereocenters. The van der Waals surface area contributed by atoms with Gasteiger partial charge in [-0.2, -0.15) is 0 Å². The fourth-order valence-electron chi connectivity index (χ4n) is 4.14. The van der Waals surface area contributed by atoms with Crippen molar-refractivity contribution in [3.8, 4) is 0 Å². The lowest BCUT2D eigenvalue weighted by Gasteiger charge is -2.37. The van der Waals surface area contributed by atoms with Crippen molar-refractivity contribution in [3.63, 3.8) is 0 Å². The number of hydrogen-bond donors (Lipinski definition) is 0. The van der Waals surface area contributed by atoms with E-state index in [9.17, 15) is 0 Å². The maximum atomic E-state index is 5.91. The van der Waals surface area contributed by atoms with Crippen molar-refractivity contribution in [1.82, 2.24) is 0 Å². The van der Waals surface area contributed by atoms with Gasteiger partial charge in [0.15, 0.2) is 0 Å². The maximum Gasteiger partial charge on any atom is 0.0575 e. The van der Waals surface area contributed by atoms with Crippen LogP contribution in [0.3, 0.4) is 0 Å². The summed E-state index contributed by atoms with van der Waals surface area (Å²) in [7, 11) is 0. The van der Waals surface area contributed by atoms with Crippen LogP contribution in [0.5, 0.6) is 0 Å². The summed E-state index contributed by atoms with van der Waals surface area (Å²) in [6.07, 6.45) is 16.4. The molecule has 0 aliphatic heterocycles. The van der Waals surface area contributed by atoms with Crippen LogP contribution in [0.1, 0.15) is 71.1 Å². The van der Waals surface area contributed by atoms with Crippen LogP contribution < -0.4 is 0 Å². The van der Waals surface area contributed by atoms with E-state index in [0.29, 0.717) is 6.10 Å². The minimum Gasteiger partial charge on any atom is -0.378 e. The monoisotopic (exact) mass is 264 g/mol. The lowest BCUT2D eigenvalue weighted by atomic mass is 9.70. The molecule has 0 bridgehead atoms. The molecule has 0 aromatic heterocycles. The Morgan fingerprint density at radius 3 is 2.05 bits per heavy atom. The predicted molar refractivity (Wildman–Crippen MR) is 82.3 cm³/mol. The van der Waals surface area contributed by atoms with Gasteiger partial charge in [0, 0.05) is 6.61 Å². The highest BCUT2D eigenvalue weighted by molar-refractivity contribution is 4.84. The van der Waals surface area contributed by atoms with Crippen molar-refractivity contribution in [3.05, 3.63) is 12.7 Å². The van der Waals surface area contributed by atoms with E-state index >= 15 is 0 Å². The Morgan fingerprint density at radius 1 is 0.947 bits per heavy atom. The van der Waals surface area contributed by atoms with Crippen molar-refractivity contribution in [2.24, 2.45) is 17.8 Å². The van der Waals surface area contributed by atoms with Crippen molar-refractivity contribution < 1.29 is 4.74 Å². The molecule has 110 valence electrons. The lowest BCUT2D eigenvalue weighted by Crippen LogP contribution is -2.28. The van der Waals surface area contributed by atoms with Gasteiger partial charge in [0.05, 0.1) is 6.10 Å². The second-order valence-corrected chi connectivity index (χ2v) is 6.71. The smallest absolute Gasteiger partial charge is 0.0575 e. The first-order valence-corrected chi connectivity index (χ1v) is 8.56. The Bertz CT molecular complexity index is 244. The molecule has 2 fully saturated rings. The molecule has 2 rings (SSSR count). The van der Waals surface area contributed by atoms with E-state index in [4.69, 9.17) is 4.74 Å². The molecular formula is C18H32O. The molecule has 0 radical (unpaired) electrons. The summed E-state index contributed by atoms with van der Waals surface area (Å²) >= 11 is 0. The lowest BCUT2D eigenvalue weighted by molar-refractivity contribution is 0.00745. The molecule has 2 aliphatic carbocycles. The first-order valence-electron chi connectivity index (χ1n) is 8.56. The van der Waals surface area contributed by atoms with Gasteiger partial charge in [-0.3, -0.25) is 0 Å². The van der Waals surface area contributed by atoms with Gasteiger partial charge in [0.25, 0.3) is 0 Å². The molecule has 0 spiro atoms. The Morgan fingerprint density at radius 2 is 1.53 bits per heavy atom. The van der Waals surface area contributed by atoms with Crippen LogP contribution in [0.25, 0.3) is 0 Å². The van der Waals surface area contributed by atoms with Crippen molar-refractivity contribution in [2.75, 3.05) is 6.61 Å². The summed E-state index contributed by atoms with van der Waals surface area (Å²) in [5.41, 5.74) is 0. The third-order valence-corrected chi connectivity index (χ3v) is 5.33. The number of hydrogen-bond acceptors (Lipinski definition) is 1. The first-order chi connectivity index (χ1) is 9.33. The molecule has 0 heterocycles. The molecule has 1 heteroatoms. The minimum atomic E-state index is 0.577. The maximum absolute atomic E-state index is 5.91. The zero-order valence-corrected chi connectivity index (χ0v) is 12.8. The van der Waals surface area contributed by atoms with Crippen molar-refractivity contribution in [2.45, 2.75) is 77.2 Å². The van der Waals surface area contributed by atoms with E-state index < -0.39 is 0 Å². The molecule has 0 unspecified atom stereocenters. The van der Waals surface area contributed by atoms with Gasteiger partial charge < -0.3 is 4.74 Å². The van der Waals surface area contributed by atoms with Crippen molar-refractivity contribution in [1.29, 1.82) is 0 Å². The fraction of sp³-hybridized carbons (Fsp3) is 0.889. The Hall–Kier alpha value is -0.300. The SMILES string of the molecule is C=CCC1CCC(C2CCC(OCCC)CC2)CC1. The molecule has 0 N–H and O–H groups in total. The molecule has 2 aliphatic rings. The van der Waals surface area contributed by atoms with Gasteiger partial charge >= 0.3 is 0 Å². The van der Waals surface area contributed by atoms with E-state index in [-0.39, 0.29) is 0 Å². The molecule has 0 aromatic carbocycles. The summed E-state index contributed by atoms with van der Waals surface area (Å²) in [5, 5.41) is 0. The van der Waals surface area contributed by atoms with Crippen LogP contribution in [0.2, 0.25) is 0 Å². The summed E-state index contributed by atoms with van der Waals surface area (Å²) in [5.74, 6) is 2.97. The van der Waals surface area contributed by atoms with E-state index in [1.807, 2.05) is 0 Å². The number of ether oxygens (including phenoxy) is 1. The van der Waals surface area contributed by atoms with Gasteiger partial charge in [-0.15, -0.1) is 6.58 Å². The quantitative estimate of drug-likeness (QED) is 0.587. The fourth-order valence-corrected chi connectivity index (χ4v) is 4.14. The van der Waals surface area contributed by atoms with E-state index in [1.165, 1.54) is 57.8 Å². The van der Waals surface area contributed by atoms with Gasteiger partial charge in [-0.1, -0.05) is 13.0 Å². The van der Waals surface area contributed by atoms with Gasteiger partial charge in [-0.25, -0.2) is 0 Å². The Labute approximate surface area is 119 Å². The minimum absolute atomic E-state index is 0.577. The topological polar surface area (TPSA) is 9.23 Å².